The third-order valence-corrected chi connectivity index (χ3v) is 5.57. The van der Waals surface area contributed by atoms with Crippen LogP contribution in [0.5, 0.6) is 0 Å². The lowest BCUT2D eigenvalue weighted by molar-refractivity contribution is -0.410. The third kappa shape index (κ3) is 9.11. The van der Waals surface area contributed by atoms with Gasteiger partial charge in [0.1, 0.15) is 0 Å². The van der Waals surface area contributed by atoms with Crippen molar-refractivity contribution in [2.24, 2.45) is 11.3 Å². The molecule has 0 spiro atoms. The Hall–Kier alpha value is -0.160. The summed E-state index contributed by atoms with van der Waals surface area (Å²) >= 11 is 0. The van der Waals surface area contributed by atoms with Crippen molar-refractivity contribution in [1.29, 1.82) is 0 Å². The summed E-state index contributed by atoms with van der Waals surface area (Å²) in [6.07, 6.45) is 12.9. The quantitative estimate of drug-likeness (QED) is 0.178. The van der Waals surface area contributed by atoms with E-state index in [1.54, 1.807) is 0 Å². The van der Waals surface area contributed by atoms with Crippen LogP contribution >= 0.6 is 0 Å². The molecule has 1 aliphatic rings. The van der Waals surface area contributed by atoms with Crippen LogP contribution in [0.25, 0.3) is 0 Å². The Balaban J connectivity index is 2.86. The van der Waals surface area contributed by atoms with E-state index in [-0.39, 0.29) is 11.3 Å². The summed E-state index contributed by atoms with van der Waals surface area (Å²) in [5.41, 5.74) is 0.221. The lowest BCUT2D eigenvalue weighted by atomic mass is 9.76. The van der Waals surface area contributed by atoms with Gasteiger partial charge in [0.2, 0.25) is 0 Å². The second-order valence-electron chi connectivity index (χ2n) is 8.91. The molecule has 0 amide bonds. The first-order valence-corrected chi connectivity index (χ1v) is 12.1. The average Bonchev–Trinajstić information content (AvgIpc) is 2.68. The molecule has 4 heteroatoms. The van der Waals surface area contributed by atoms with E-state index < -0.39 is 5.97 Å². The van der Waals surface area contributed by atoms with Crippen molar-refractivity contribution in [1.82, 2.24) is 0 Å². The molecule has 0 radical (unpaired) electrons. The van der Waals surface area contributed by atoms with Crippen molar-refractivity contribution in [3.8, 4) is 0 Å². The molecule has 0 N–H and O–H groups in total. The molecule has 1 aliphatic heterocycles. The second kappa shape index (κ2) is 14.8. The Morgan fingerprint density at radius 3 is 1.68 bits per heavy atom. The standard InChI is InChI=1S/C24H48O4/c1-6-10-11-12-13-14-15-22(19-23(5)20-25-21-23)24(26-16-7-2,27-17-8-3)28-18-9-4/h22H,6-21H2,1-5H3. The fourth-order valence-corrected chi connectivity index (χ4v) is 3.95. The van der Waals surface area contributed by atoms with E-state index in [4.69, 9.17) is 18.9 Å². The van der Waals surface area contributed by atoms with Gasteiger partial charge in [0, 0.05) is 11.3 Å². The van der Waals surface area contributed by atoms with Crippen molar-refractivity contribution >= 4 is 0 Å². The van der Waals surface area contributed by atoms with Crippen LogP contribution in [0.3, 0.4) is 0 Å². The van der Waals surface area contributed by atoms with Crippen LogP contribution in [-0.4, -0.2) is 39.0 Å². The summed E-state index contributed by atoms with van der Waals surface area (Å²) in [7, 11) is 0. The fourth-order valence-electron chi connectivity index (χ4n) is 3.95. The Labute approximate surface area is 175 Å². The van der Waals surface area contributed by atoms with Crippen LogP contribution in [0.1, 0.15) is 105 Å². The minimum atomic E-state index is -0.899. The normalized spacial score (nSPS) is 17.5. The SMILES string of the molecule is CCCCCCCCC(CC1(C)COC1)C(OCCC)(OCCC)OCCC. The van der Waals surface area contributed by atoms with E-state index in [0.29, 0.717) is 19.8 Å². The highest BCUT2D eigenvalue weighted by Crippen LogP contribution is 2.42. The largest absolute Gasteiger partial charge is 0.380 e. The Kier molecular flexibility index (Phi) is 13.6. The van der Waals surface area contributed by atoms with Gasteiger partial charge in [0.05, 0.1) is 33.0 Å². The summed E-state index contributed by atoms with van der Waals surface area (Å²) in [6.45, 7) is 14.7. The molecule has 0 saturated carbocycles. The summed E-state index contributed by atoms with van der Waals surface area (Å²) in [5.74, 6) is -0.651. The van der Waals surface area contributed by atoms with Crippen molar-refractivity contribution in [2.45, 2.75) is 111 Å². The first-order chi connectivity index (χ1) is 13.6. The first kappa shape index (κ1) is 25.9. The highest BCUT2D eigenvalue weighted by Gasteiger charge is 2.47. The molecule has 0 aromatic heterocycles. The molecule has 0 aliphatic carbocycles. The zero-order valence-corrected chi connectivity index (χ0v) is 19.5. The molecule has 1 fully saturated rings. The second-order valence-corrected chi connectivity index (χ2v) is 8.91. The maximum atomic E-state index is 6.37. The molecule has 1 unspecified atom stereocenters. The van der Waals surface area contributed by atoms with Gasteiger partial charge in [0.25, 0.3) is 5.97 Å². The van der Waals surface area contributed by atoms with Crippen LogP contribution < -0.4 is 0 Å². The molecular formula is C24H48O4. The van der Waals surface area contributed by atoms with Crippen LogP contribution in [0.4, 0.5) is 0 Å². The molecule has 1 atom stereocenters. The molecule has 0 aromatic rings. The Morgan fingerprint density at radius 1 is 0.750 bits per heavy atom. The molecule has 1 rings (SSSR count). The van der Waals surface area contributed by atoms with Gasteiger partial charge < -0.3 is 18.9 Å². The van der Waals surface area contributed by atoms with E-state index in [2.05, 4.69) is 34.6 Å². The number of hydrogen-bond acceptors (Lipinski definition) is 4. The topological polar surface area (TPSA) is 36.9 Å². The van der Waals surface area contributed by atoms with Gasteiger partial charge in [-0.3, -0.25) is 0 Å². The van der Waals surface area contributed by atoms with Crippen LogP contribution in [0.2, 0.25) is 0 Å². The monoisotopic (exact) mass is 400 g/mol. The molecule has 4 nitrogen and oxygen atoms in total. The molecule has 1 heterocycles. The van der Waals surface area contributed by atoms with Crippen molar-refractivity contribution < 1.29 is 18.9 Å². The summed E-state index contributed by atoms with van der Waals surface area (Å²) in [6, 6.07) is 0. The maximum absolute atomic E-state index is 6.37. The number of unbranched alkanes of at least 4 members (excludes halogenated alkanes) is 5. The molecular weight excluding hydrogens is 352 g/mol. The predicted octanol–water partition coefficient (Wildman–Crippen LogP) is 6.71. The first-order valence-electron chi connectivity index (χ1n) is 12.1. The number of hydrogen-bond donors (Lipinski definition) is 0. The minimum absolute atomic E-state index is 0.221. The number of ether oxygens (including phenoxy) is 4. The molecule has 1 saturated heterocycles. The van der Waals surface area contributed by atoms with Gasteiger partial charge in [-0.2, -0.15) is 0 Å². The lowest BCUT2D eigenvalue weighted by Gasteiger charge is -2.46. The molecule has 168 valence electrons. The van der Waals surface area contributed by atoms with Crippen molar-refractivity contribution in [3.63, 3.8) is 0 Å². The molecule has 0 bridgehead atoms. The average molecular weight is 401 g/mol. The highest BCUT2D eigenvalue weighted by molar-refractivity contribution is 4.87. The van der Waals surface area contributed by atoms with Crippen LogP contribution in [0.15, 0.2) is 0 Å². The van der Waals surface area contributed by atoms with Gasteiger partial charge in [-0.15, -0.1) is 0 Å². The summed E-state index contributed by atoms with van der Waals surface area (Å²) in [5, 5.41) is 0. The fraction of sp³-hybridized carbons (Fsp3) is 1.00. The lowest BCUT2D eigenvalue weighted by Crippen LogP contribution is -2.51. The van der Waals surface area contributed by atoms with E-state index in [1.165, 1.54) is 38.5 Å². The van der Waals surface area contributed by atoms with Gasteiger partial charge >= 0.3 is 0 Å². The summed E-state index contributed by atoms with van der Waals surface area (Å²) in [4.78, 5) is 0. The smallest absolute Gasteiger partial charge is 0.285 e. The zero-order chi connectivity index (χ0) is 20.7. The van der Waals surface area contributed by atoms with E-state index in [1.807, 2.05) is 0 Å². The minimum Gasteiger partial charge on any atom is -0.380 e. The van der Waals surface area contributed by atoms with Crippen LogP contribution in [0, 0.1) is 11.3 Å². The van der Waals surface area contributed by atoms with Gasteiger partial charge in [-0.1, -0.05) is 73.1 Å². The Bertz CT molecular complexity index is 346. The van der Waals surface area contributed by atoms with Crippen molar-refractivity contribution in [3.05, 3.63) is 0 Å². The van der Waals surface area contributed by atoms with Gasteiger partial charge in [-0.25, -0.2) is 0 Å². The molecule has 28 heavy (non-hydrogen) atoms. The zero-order valence-electron chi connectivity index (χ0n) is 19.5. The predicted molar refractivity (Wildman–Crippen MR) is 116 cm³/mol. The van der Waals surface area contributed by atoms with E-state index in [0.717, 1.165) is 45.3 Å². The maximum Gasteiger partial charge on any atom is 0.285 e. The number of rotatable bonds is 19. The van der Waals surface area contributed by atoms with Gasteiger partial charge in [0.15, 0.2) is 0 Å². The van der Waals surface area contributed by atoms with Gasteiger partial charge in [-0.05, 0) is 32.1 Å². The Morgan fingerprint density at radius 2 is 1.25 bits per heavy atom. The van der Waals surface area contributed by atoms with Crippen molar-refractivity contribution in [2.75, 3.05) is 33.0 Å². The van der Waals surface area contributed by atoms with E-state index >= 15 is 0 Å². The van der Waals surface area contributed by atoms with E-state index in [9.17, 15) is 0 Å². The van der Waals surface area contributed by atoms with Crippen LogP contribution in [-0.2, 0) is 18.9 Å². The highest BCUT2D eigenvalue weighted by atomic mass is 16.9. The molecule has 0 aromatic carbocycles. The summed E-state index contributed by atoms with van der Waals surface area (Å²) < 4.78 is 24.7. The third-order valence-electron chi connectivity index (χ3n) is 5.57.